The molecule has 0 aliphatic carbocycles. The van der Waals surface area contributed by atoms with Gasteiger partial charge in [0, 0.05) is 18.1 Å². The van der Waals surface area contributed by atoms with Crippen LogP contribution in [0, 0.1) is 0 Å². The number of nitrogens with zero attached hydrogens (tertiary/aromatic N) is 2. The van der Waals surface area contributed by atoms with Crippen LogP contribution in [-0.2, 0) is 4.79 Å². The maximum Gasteiger partial charge on any atom is 0.244 e. The maximum absolute atomic E-state index is 12.6. The molecular formula is C16H18ClN3O. The van der Waals surface area contributed by atoms with Gasteiger partial charge in [-0.2, -0.15) is 0 Å². The lowest BCUT2D eigenvalue weighted by atomic mass is 10.0. The zero-order valence-electron chi connectivity index (χ0n) is 12.0. The van der Waals surface area contributed by atoms with E-state index in [1.807, 2.05) is 36.1 Å². The van der Waals surface area contributed by atoms with Crippen molar-refractivity contribution in [2.24, 2.45) is 0 Å². The van der Waals surface area contributed by atoms with E-state index in [9.17, 15) is 4.79 Å². The summed E-state index contributed by atoms with van der Waals surface area (Å²) in [5, 5.41) is 4.80. The normalized spacial score (nSPS) is 19.2. The van der Waals surface area contributed by atoms with Crippen LogP contribution in [0.2, 0.25) is 5.02 Å². The highest BCUT2D eigenvalue weighted by atomic mass is 35.5. The lowest BCUT2D eigenvalue weighted by molar-refractivity contribution is -0.121. The van der Waals surface area contributed by atoms with Gasteiger partial charge < -0.3 is 10.2 Å². The number of likely N-dealkylation sites (N-methyl/N-ethyl adjacent to an activating group) is 1. The summed E-state index contributed by atoms with van der Waals surface area (Å²) in [5.74, 6) is 0.123. The molecule has 1 aromatic heterocycles. The minimum Gasteiger partial charge on any atom is -0.309 e. The number of carbonyl (C=O) groups is 1. The van der Waals surface area contributed by atoms with Crippen LogP contribution >= 0.6 is 11.6 Å². The molecule has 0 bridgehead atoms. The highest BCUT2D eigenvalue weighted by Gasteiger charge is 2.30. The van der Waals surface area contributed by atoms with E-state index in [4.69, 9.17) is 11.6 Å². The Balaban J connectivity index is 2.04. The fourth-order valence-corrected chi connectivity index (χ4v) is 3.11. The van der Waals surface area contributed by atoms with Crippen molar-refractivity contribution in [2.45, 2.75) is 25.8 Å². The summed E-state index contributed by atoms with van der Waals surface area (Å²) in [6.07, 6.45) is 3.61. The molecule has 1 aromatic carbocycles. The van der Waals surface area contributed by atoms with E-state index >= 15 is 0 Å². The van der Waals surface area contributed by atoms with Gasteiger partial charge in [-0.05, 0) is 43.7 Å². The molecule has 1 atom stereocenters. The van der Waals surface area contributed by atoms with E-state index in [0.717, 1.165) is 42.5 Å². The van der Waals surface area contributed by atoms with Gasteiger partial charge in [0.1, 0.15) is 0 Å². The summed E-state index contributed by atoms with van der Waals surface area (Å²) in [6.45, 7) is 3.55. The van der Waals surface area contributed by atoms with Gasteiger partial charge in [-0.25, -0.2) is 0 Å². The van der Waals surface area contributed by atoms with Gasteiger partial charge in [0.25, 0.3) is 0 Å². The molecule has 1 unspecified atom stereocenters. The Hall–Kier alpha value is -1.65. The van der Waals surface area contributed by atoms with Crippen LogP contribution in [-0.4, -0.2) is 30.0 Å². The molecular weight excluding hydrogens is 286 g/mol. The van der Waals surface area contributed by atoms with E-state index in [1.165, 1.54) is 0 Å². The van der Waals surface area contributed by atoms with Crippen LogP contribution in [0.5, 0.6) is 0 Å². The SMILES string of the molecule is CCNC1CCCN(c2ccc(Cl)c3cccnc23)C1=O. The van der Waals surface area contributed by atoms with Crippen LogP contribution < -0.4 is 10.2 Å². The van der Waals surface area contributed by atoms with Crippen LogP contribution in [0.4, 0.5) is 5.69 Å². The van der Waals surface area contributed by atoms with Gasteiger partial charge in [0.15, 0.2) is 0 Å². The molecule has 1 saturated heterocycles. The Morgan fingerprint density at radius 1 is 1.43 bits per heavy atom. The Kier molecular flexibility index (Phi) is 4.08. The van der Waals surface area contributed by atoms with Crippen molar-refractivity contribution in [1.82, 2.24) is 10.3 Å². The second-order valence-corrected chi connectivity index (χ2v) is 5.62. The molecule has 1 N–H and O–H groups in total. The van der Waals surface area contributed by atoms with Gasteiger partial charge in [-0.15, -0.1) is 0 Å². The standard InChI is InChI=1S/C16H18ClN3O/c1-2-18-13-6-4-10-20(16(13)21)14-8-7-12(17)11-5-3-9-19-15(11)14/h3,5,7-9,13,18H,2,4,6,10H2,1H3. The number of amides is 1. The monoisotopic (exact) mass is 303 g/mol. The fourth-order valence-electron chi connectivity index (χ4n) is 2.89. The number of anilines is 1. The van der Waals surface area contributed by atoms with E-state index < -0.39 is 0 Å². The Morgan fingerprint density at radius 2 is 2.29 bits per heavy atom. The second-order valence-electron chi connectivity index (χ2n) is 5.21. The number of aromatic nitrogens is 1. The van der Waals surface area contributed by atoms with Crippen molar-refractivity contribution in [2.75, 3.05) is 18.0 Å². The Bertz CT molecular complexity index is 672. The van der Waals surface area contributed by atoms with E-state index in [2.05, 4.69) is 10.3 Å². The Labute approximate surface area is 129 Å². The maximum atomic E-state index is 12.6. The van der Waals surface area contributed by atoms with Gasteiger partial charge in [-0.1, -0.05) is 18.5 Å². The van der Waals surface area contributed by atoms with Gasteiger partial charge in [0.05, 0.1) is 22.3 Å². The molecule has 4 nitrogen and oxygen atoms in total. The lowest BCUT2D eigenvalue weighted by Gasteiger charge is -2.33. The third-order valence-corrected chi connectivity index (χ3v) is 4.20. The number of nitrogens with one attached hydrogen (secondary N) is 1. The molecule has 1 aliphatic rings. The molecule has 2 heterocycles. The smallest absolute Gasteiger partial charge is 0.244 e. The predicted octanol–water partition coefficient (Wildman–Crippen LogP) is 2.99. The van der Waals surface area contributed by atoms with Crippen LogP contribution in [0.3, 0.4) is 0 Å². The number of carbonyl (C=O) groups excluding carboxylic acids is 1. The number of hydrogen-bond donors (Lipinski definition) is 1. The van der Waals surface area contributed by atoms with E-state index in [1.54, 1.807) is 6.20 Å². The summed E-state index contributed by atoms with van der Waals surface area (Å²) >= 11 is 6.23. The fraction of sp³-hybridized carbons (Fsp3) is 0.375. The molecule has 1 fully saturated rings. The third-order valence-electron chi connectivity index (χ3n) is 3.88. The lowest BCUT2D eigenvalue weighted by Crippen LogP contribution is -2.50. The first-order valence-corrected chi connectivity index (χ1v) is 7.68. The third kappa shape index (κ3) is 2.61. The number of pyridine rings is 1. The average Bonchev–Trinajstić information content (AvgIpc) is 2.51. The minimum atomic E-state index is -0.0989. The van der Waals surface area contributed by atoms with Crippen molar-refractivity contribution in [3.8, 4) is 0 Å². The van der Waals surface area contributed by atoms with Gasteiger partial charge in [0.2, 0.25) is 5.91 Å². The highest BCUT2D eigenvalue weighted by Crippen LogP contribution is 2.32. The molecule has 1 aliphatic heterocycles. The van der Waals surface area contributed by atoms with Crippen LogP contribution in [0.15, 0.2) is 30.5 Å². The quantitative estimate of drug-likeness (QED) is 0.948. The number of halogens is 1. The summed E-state index contributed by atoms with van der Waals surface area (Å²) in [7, 11) is 0. The second kappa shape index (κ2) is 6.00. The summed E-state index contributed by atoms with van der Waals surface area (Å²) < 4.78 is 0. The molecule has 2 aromatic rings. The van der Waals surface area contributed by atoms with Crippen molar-refractivity contribution in [3.63, 3.8) is 0 Å². The highest BCUT2D eigenvalue weighted by molar-refractivity contribution is 6.36. The molecule has 21 heavy (non-hydrogen) atoms. The minimum absolute atomic E-state index is 0.0989. The van der Waals surface area contributed by atoms with Crippen molar-refractivity contribution in [3.05, 3.63) is 35.5 Å². The first kappa shape index (κ1) is 14.3. The number of benzene rings is 1. The van der Waals surface area contributed by atoms with Crippen LogP contribution in [0.25, 0.3) is 10.9 Å². The number of fused-ring (bicyclic) bond motifs is 1. The Morgan fingerprint density at radius 3 is 3.10 bits per heavy atom. The first-order chi connectivity index (χ1) is 10.2. The molecule has 5 heteroatoms. The number of hydrogen-bond acceptors (Lipinski definition) is 3. The molecule has 0 radical (unpaired) electrons. The summed E-state index contributed by atoms with van der Waals surface area (Å²) in [6, 6.07) is 7.43. The average molecular weight is 304 g/mol. The number of rotatable bonds is 3. The van der Waals surface area contributed by atoms with Crippen molar-refractivity contribution in [1.29, 1.82) is 0 Å². The van der Waals surface area contributed by atoms with Crippen molar-refractivity contribution < 1.29 is 4.79 Å². The van der Waals surface area contributed by atoms with E-state index in [0.29, 0.717) is 5.02 Å². The zero-order chi connectivity index (χ0) is 14.8. The molecule has 1 amide bonds. The first-order valence-electron chi connectivity index (χ1n) is 7.30. The predicted molar refractivity (Wildman–Crippen MR) is 85.8 cm³/mol. The molecule has 0 saturated carbocycles. The molecule has 0 spiro atoms. The molecule has 3 rings (SSSR count). The van der Waals surface area contributed by atoms with E-state index in [-0.39, 0.29) is 11.9 Å². The topological polar surface area (TPSA) is 45.2 Å². The van der Waals surface area contributed by atoms with Crippen LogP contribution in [0.1, 0.15) is 19.8 Å². The van der Waals surface area contributed by atoms with Gasteiger partial charge >= 0.3 is 0 Å². The largest absolute Gasteiger partial charge is 0.309 e. The molecule has 110 valence electrons. The zero-order valence-corrected chi connectivity index (χ0v) is 12.7. The summed E-state index contributed by atoms with van der Waals surface area (Å²) in [4.78, 5) is 18.9. The summed E-state index contributed by atoms with van der Waals surface area (Å²) in [5.41, 5.74) is 1.64. The van der Waals surface area contributed by atoms with Crippen molar-refractivity contribution >= 4 is 34.1 Å². The van der Waals surface area contributed by atoms with Gasteiger partial charge in [-0.3, -0.25) is 9.78 Å². The number of piperidine rings is 1.